The number of hydrogen-bond acceptors (Lipinski definition) is 3. The molecule has 0 radical (unpaired) electrons. The Labute approximate surface area is 122 Å². The summed E-state index contributed by atoms with van der Waals surface area (Å²) < 4.78 is 37.7. The normalized spacial score (nSPS) is 11.2. The molecule has 0 atom stereocenters. The summed E-state index contributed by atoms with van der Waals surface area (Å²) in [6.45, 7) is 1.38. The molecule has 0 bridgehead atoms. The van der Waals surface area contributed by atoms with Crippen LogP contribution in [0.3, 0.4) is 0 Å². The summed E-state index contributed by atoms with van der Waals surface area (Å²) in [5.41, 5.74) is -0.788. The van der Waals surface area contributed by atoms with Gasteiger partial charge in [-0.1, -0.05) is 6.07 Å². The number of Topliss-reactive ketones (excluding diaryl/α,β-unsaturated/α-hetero) is 1. The lowest BCUT2D eigenvalue weighted by Gasteiger charge is -2.09. The van der Waals surface area contributed by atoms with Crippen molar-refractivity contribution in [2.45, 2.75) is 13.1 Å². The minimum Gasteiger partial charge on any atom is -0.321 e. The predicted molar refractivity (Wildman–Crippen MR) is 73.7 cm³/mol. The fourth-order valence-corrected chi connectivity index (χ4v) is 2.41. The molecule has 1 aromatic heterocycles. The molecular formula is C14H10F3NO2S. The van der Waals surface area contributed by atoms with E-state index >= 15 is 0 Å². The van der Waals surface area contributed by atoms with E-state index in [9.17, 15) is 22.8 Å². The molecule has 7 heteroatoms. The monoisotopic (exact) mass is 313 g/mol. The number of thiophene rings is 1. The van der Waals surface area contributed by atoms with Crippen LogP contribution in [-0.4, -0.2) is 11.7 Å². The quantitative estimate of drug-likeness (QED) is 0.862. The number of ketones is 1. The fourth-order valence-electron chi connectivity index (χ4n) is 1.62. The number of hydrogen-bond donors (Lipinski definition) is 1. The van der Waals surface area contributed by atoms with Crippen molar-refractivity contribution in [3.8, 4) is 0 Å². The van der Waals surface area contributed by atoms with E-state index < -0.39 is 17.6 Å². The van der Waals surface area contributed by atoms with Gasteiger partial charge in [-0.05, 0) is 37.3 Å². The minimum atomic E-state index is -4.47. The van der Waals surface area contributed by atoms with Gasteiger partial charge in [0.25, 0.3) is 5.91 Å². The second-order valence-electron chi connectivity index (χ2n) is 4.25. The third kappa shape index (κ3) is 3.69. The molecule has 2 rings (SSSR count). The standard InChI is InChI=1S/C14H10F3NO2S/c1-8(19)11-5-6-12(21-11)13(20)18-10-4-2-3-9(7-10)14(15,16)17/h2-7H,1H3,(H,18,20). The smallest absolute Gasteiger partial charge is 0.321 e. The van der Waals surface area contributed by atoms with E-state index in [1.165, 1.54) is 31.2 Å². The van der Waals surface area contributed by atoms with Crippen LogP contribution >= 0.6 is 11.3 Å². The summed E-state index contributed by atoms with van der Waals surface area (Å²) in [6.07, 6.45) is -4.47. The molecule has 0 fully saturated rings. The Balaban J connectivity index is 2.17. The first-order valence-electron chi connectivity index (χ1n) is 5.87. The summed E-state index contributed by atoms with van der Waals surface area (Å²) in [4.78, 5) is 23.7. The first-order valence-corrected chi connectivity index (χ1v) is 6.68. The summed E-state index contributed by atoms with van der Waals surface area (Å²) in [7, 11) is 0. The lowest BCUT2D eigenvalue weighted by molar-refractivity contribution is -0.137. The molecule has 1 heterocycles. The van der Waals surface area contributed by atoms with Gasteiger partial charge >= 0.3 is 6.18 Å². The Hall–Kier alpha value is -2.15. The van der Waals surface area contributed by atoms with Crippen molar-refractivity contribution in [1.82, 2.24) is 0 Å². The molecule has 110 valence electrons. The van der Waals surface area contributed by atoms with E-state index in [-0.39, 0.29) is 16.3 Å². The van der Waals surface area contributed by atoms with Crippen molar-refractivity contribution < 1.29 is 22.8 Å². The Morgan fingerprint density at radius 2 is 1.76 bits per heavy atom. The molecule has 0 aliphatic carbocycles. The van der Waals surface area contributed by atoms with Gasteiger partial charge in [0.2, 0.25) is 0 Å². The Morgan fingerprint density at radius 3 is 2.33 bits per heavy atom. The molecule has 3 nitrogen and oxygen atoms in total. The van der Waals surface area contributed by atoms with Gasteiger partial charge in [-0.25, -0.2) is 0 Å². The average molecular weight is 313 g/mol. The first kappa shape index (κ1) is 15.2. The molecule has 0 aliphatic rings. The van der Waals surface area contributed by atoms with E-state index in [1.807, 2.05) is 0 Å². The van der Waals surface area contributed by atoms with Crippen molar-refractivity contribution in [1.29, 1.82) is 0 Å². The van der Waals surface area contributed by atoms with Gasteiger partial charge in [-0.2, -0.15) is 13.2 Å². The number of rotatable bonds is 3. The van der Waals surface area contributed by atoms with Gasteiger partial charge in [-0.3, -0.25) is 9.59 Å². The van der Waals surface area contributed by atoms with E-state index in [0.29, 0.717) is 4.88 Å². The van der Waals surface area contributed by atoms with Gasteiger partial charge in [0, 0.05) is 5.69 Å². The molecule has 21 heavy (non-hydrogen) atoms. The number of alkyl halides is 3. The highest BCUT2D eigenvalue weighted by Crippen LogP contribution is 2.30. The van der Waals surface area contributed by atoms with Gasteiger partial charge in [0.05, 0.1) is 15.3 Å². The first-order chi connectivity index (χ1) is 9.77. The van der Waals surface area contributed by atoms with E-state index in [4.69, 9.17) is 0 Å². The highest BCUT2D eigenvalue weighted by molar-refractivity contribution is 7.16. The van der Waals surface area contributed by atoms with E-state index in [1.54, 1.807) is 0 Å². The zero-order valence-corrected chi connectivity index (χ0v) is 11.6. The van der Waals surface area contributed by atoms with Crippen molar-refractivity contribution in [2.24, 2.45) is 0 Å². The van der Waals surface area contributed by atoms with Crippen LogP contribution in [-0.2, 0) is 6.18 Å². The summed E-state index contributed by atoms with van der Waals surface area (Å²) >= 11 is 0.994. The zero-order valence-electron chi connectivity index (χ0n) is 10.8. The van der Waals surface area contributed by atoms with Crippen LogP contribution in [0.5, 0.6) is 0 Å². The fraction of sp³-hybridized carbons (Fsp3) is 0.143. The molecule has 1 N–H and O–H groups in total. The van der Waals surface area contributed by atoms with Crippen LogP contribution in [0.4, 0.5) is 18.9 Å². The van der Waals surface area contributed by atoms with Gasteiger partial charge in [0.1, 0.15) is 0 Å². The maximum Gasteiger partial charge on any atom is 0.416 e. The van der Waals surface area contributed by atoms with Crippen LogP contribution in [0.15, 0.2) is 36.4 Å². The molecular weight excluding hydrogens is 303 g/mol. The average Bonchev–Trinajstić information content (AvgIpc) is 2.88. The highest BCUT2D eigenvalue weighted by atomic mass is 32.1. The van der Waals surface area contributed by atoms with Crippen molar-refractivity contribution in [3.63, 3.8) is 0 Å². The lowest BCUT2D eigenvalue weighted by atomic mass is 10.2. The minimum absolute atomic E-state index is 0.0487. The van der Waals surface area contributed by atoms with E-state index in [0.717, 1.165) is 23.5 Å². The number of nitrogens with one attached hydrogen (secondary N) is 1. The number of amides is 1. The summed E-state index contributed by atoms with van der Waals surface area (Å²) in [6, 6.07) is 7.34. The molecule has 0 aliphatic heterocycles. The second-order valence-corrected chi connectivity index (χ2v) is 5.34. The molecule has 1 aromatic carbocycles. The second kappa shape index (κ2) is 5.69. The van der Waals surface area contributed by atoms with Crippen molar-refractivity contribution in [3.05, 3.63) is 51.7 Å². The molecule has 0 spiro atoms. The Bertz CT molecular complexity index is 692. The number of carbonyl (C=O) groups excluding carboxylic acids is 2. The van der Waals surface area contributed by atoms with Gasteiger partial charge < -0.3 is 5.32 Å². The van der Waals surface area contributed by atoms with Crippen LogP contribution in [0, 0.1) is 0 Å². The highest BCUT2D eigenvalue weighted by Gasteiger charge is 2.30. The summed E-state index contributed by atoms with van der Waals surface area (Å²) in [5, 5.41) is 2.38. The number of carbonyl (C=O) groups is 2. The number of anilines is 1. The van der Waals surface area contributed by atoms with Crippen LogP contribution in [0.1, 0.15) is 31.8 Å². The molecule has 1 amide bonds. The lowest BCUT2D eigenvalue weighted by Crippen LogP contribution is -2.11. The largest absolute Gasteiger partial charge is 0.416 e. The predicted octanol–water partition coefficient (Wildman–Crippen LogP) is 4.22. The summed E-state index contributed by atoms with van der Waals surface area (Å²) in [5.74, 6) is -0.718. The maximum atomic E-state index is 12.6. The van der Waals surface area contributed by atoms with Crippen LogP contribution in [0.2, 0.25) is 0 Å². The number of benzene rings is 1. The zero-order chi connectivity index (χ0) is 15.6. The molecule has 2 aromatic rings. The molecule has 0 unspecified atom stereocenters. The maximum absolute atomic E-state index is 12.6. The third-order valence-electron chi connectivity index (χ3n) is 2.62. The molecule has 0 saturated heterocycles. The van der Waals surface area contributed by atoms with Gasteiger partial charge in [0.15, 0.2) is 5.78 Å². The third-order valence-corrected chi connectivity index (χ3v) is 3.81. The SMILES string of the molecule is CC(=O)c1ccc(C(=O)Nc2cccc(C(F)(F)F)c2)s1. The van der Waals surface area contributed by atoms with Gasteiger partial charge in [-0.15, -0.1) is 11.3 Å². The van der Waals surface area contributed by atoms with Crippen molar-refractivity contribution >= 4 is 28.7 Å². The van der Waals surface area contributed by atoms with Crippen LogP contribution in [0.25, 0.3) is 0 Å². The Morgan fingerprint density at radius 1 is 1.10 bits per heavy atom. The topological polar surface area (TPSA) is 46.2 Å². The van der Waals surface area contributed by atoms with E-state index in [2.05, 4.69) is 5.32 Å². The Kier molecular flexibility index (Phi) is 4.13. The van der Waals surface area contributed by atoms with Crippen LogP contribution < -0.4 is 5.32 Å². The molecule has 0 saturated carbocycles. The van der Waals surface area contributed by atoms with Crippen molar-refractivity contribution in [2.75, 3.05) is 5.32 Å². The number of halogens is 3.